The van der Waals surface area contributed by atoms with Gasteiger partial charge in [0.05, 0.1) is 18.7 Å². The standard InChI is InChI=1S/C26H27Cl2N3O3/c27-20-5-1-18(2-6-20)25-10-9-22(34-25)15-29-11-13-30(14-12-29)23-16-31(17-24(23)32)26(33)19-3-7-21(28)8-4-19/h1-10,23-24,32H,11-17H2/t23-,24?/m0/s1. The number of hydrogen-bond donors (Lipinski definition) is 1. The van der Waals surface area contributed by atoms with Crippen LogP contribution >= 0.6 is 23.2 Å². The van der Waals surface area contributed by atoms with Crippen LogP contribution in [0.3, 0.4) is 0 Å². The average Bonchev–Trinajstić information content (AvgIpc) is 3.47. The van der Waals surface area contributed by atoms with Crippen molar-refractivity contribution in [3.05, 3.63) is 82.0 Å². The highest BCUT2D eigenvalue weighted by molar-refractivity contribution is 6.30. The molecule has 1 N–H and O–H groups in total. The van der Waals surface area contributed by atoms with Gasteiger partial charge in [0, 0.05) is 60.4 Å². The lowest BCUT2D eigenvalue weighted by atomic mass is 10.1. The van der Waals surface area contributed by atoms with Crippen molar-refractivity contribution >= 4 is 29.1 Å². The molecule has 3 aromatic rings. The summed E-state index contributed by atoms with van der Waals surface area (Å²) < 4.78 is 6.06. The lowest BCUT2D eigenvalue weighted by molar-refractivity contribution is 0.0406. The predicted octanol–water partition coefficient (Wildman–Crippen LogP) is 4.26. The molecule has 2 aromatic carbocycles. The molecule has 2 saturated heterocycles. The van der Waals surface area contributed by atoms with Gasteiger partial charge in [-0.1, -0.05) is 23.2 Å². The van der Waals surface area contributed by atoms with E-state index in [-0.39, 0.29) is 11.9 Å². The van der Waals surface area contributed by atoms with Gasteiger partial charge in [0.15, 0.2) is 0 Å². The Labute approximate surface area is 209 Å². The molecule has 0 radical (unpaired) electrons. The average molecular weight is 500 g/mol. The summed E-state index contributed by atoms with van der Waals surface area (Å²) in [7, 11) is 0. The molecule has 2 aliphatic rings. The number of benzene rings is 2. The molecule has 2 atom stereocenters. The van der Waals surface area contributed by atoms with Crippen molar-refractivity contribution in [1.29, 1.82) is 0 Å². The molecule has 2 aliphatic heterocycles. The zero-order chi connectivity index (χ0) is 23.7. The first kappa shape index (κ1) is 23.4. The summed E-state index contributed by atoms with van der Waals surface area (Å²) >= 11 is 11.9. The Bertz CT molecular complexity index is 1120. The molecule has 0 aliphatic carbocycles. The lowest BCUT2D eigenvalue weighted by Gasteiger charge is -2.38. The first-order valence-electron chi connectivity index (χ1n) is 11.5. The fourth-order valence-electron chi connectivity index (χ4n) is 4.77. The fraction of sp³-hybridized carbons (Fsp3) is 0.346. The van der Waals surface area contributed by atoms with E-state index in [1.54, 1.807) is 29.2 Å². The molecule has 6 nitrogen and oxygen atoms in total. The third kappa shape index (κ3) is 5.16. The Balaban J connectivity index is 1.14. The molecule has 1 aromatic heterocycles. The van der Waals surface area contributed by atoms with Gasteiger partial charge in [0.2, 0.25) is 0 Å². The van der Waals surface area contributed by atoms with Crippen LogP contribution < -0.4 is 0 Å². The summed E-state index contributed by atoms with van der Waals surface area (Å²) in [5.74, 6) is 1.70. The largest absolute Gasteiger partial charge is 0.460 e. The number of rotatable bonds is 5. The van der Waals surface area contributed by atoms with Crippen LogP contribution in [-0.4, -0.2) is 77.1 Å². The Morgan fingerprint density at radius 1 is 0.882 bits per heavy atom. The van der Waals surface area contributed by atoms with Crippen molar-refractivity contribution in [2.45, 2.75) is 18.7 Å². The Kier molecular flexibility index (Phi) is 6.95. The zero-order valence-corrected chi connectivity index (χ0v) is 20.3. The highest BCUT2D eigenvalue weighted by atomic mass is 35.5. The number of aliphatic hydroxyl groups is 1. The third-order valence-electron chi connectivity index (χ3n) is 6.68. The number of β-amino-alcohol motifs (C(OH)–C–C–N with tert-alkyl or cyclic N) is 1. The van der Waals surface area contributed by atoms with E-state index in [2.05, 4.69) is 9.80 Å². The van der Waals surface area contributed by atoms with Crippen LogP contribution in [0.25, 0.3) is 11.3 Å². The molecular formula is C26H27Cl2N3O3. The summed E-state index contributed by atoms with van der Waals surface area (Å²) in [6.07, 6.45) is -0.546. The van der Waals surface area contributed by atoms with Crippen molar-refractivity contribution in [3.8, 4) is 11.3 Å². The highest BCUT2D eigenvalue weighted by Gasteiger charge is 2.38. The second-order valence-corrected chi connectivity index (χ2v) is 9.81. The fourth-order valence-corrected chi connectivity index (χ4v) is 5.03. The summed E-state index contributed by atoms with van der Waals surface area (Å²) in [5, 5.41) is 12.0. The summed E-state index contributed by atoms with van der Waals surface area (Å²) in [5.41, 5.74) is 1.60. The molecule has 34 heavy (non-hydrogen) atoms. The third-order valence-corrected chi connectivity index (χ3v) is 7.19. The first-order valence-corrected chi connectivity index (χ1v) is 12.3. The maximum Gasteiger partial charge on any atom is 0.253 e. The molecule has 5 rings (SSSR count). The van der Waals surface area contributed by atoms with E-state index in [0.717, 1.165) is 49.8 Å². The quantitative estimate of drug-likeness (QED) is 0.568. The molecular weight excluding hydrogens is 473 g/mol. The molecule has 2 fully saturated rings. The monoisotopic (exact) mass is 499 g/mol. The molecule has 3 heterocycles. The Hall–Kier alpha value is -2.35. The number of amides is 1. The Morgan fingerprint density at radius 2 is 1.53 bits per heavy atom. The Morgan fingerprint density at radius 3 is 2.21 bits per heavy atom. The van der Waals surface area contributed by atoms with Crippen LogP contribution in [0.15, 0.2) is 65.1 Å². The van der Waals surface area contributed by atoms with Crippen LogP contribution in [0, 0.1) is 0 Å². The van der Waals surface area contributed by atoms with Crippen LogP contribution in [0.4, 0.5) is 0 Å². The maximum atomic E-state index is 12.8. The number of likely N-dealkylation sites (tertiary alicyclic amines) is 1. The summed E-state index contributed by atoms with van der Waals surface area (Å²) in [6.45, 7) is 5.08. The van der Waals surface area contributed by atoms with Gasteiger partial charge in [-0.2, -0.15) is 0 Å². The van der Waals surface area contributed by atoms with Gasteiger partial charge in [-0.15, -0.1) is 0 Å². The molecule has 0 spiro atoms. The highest BCUT2D eigenvalue weighted by Crippen LogP contribution is 2.25. The van der Waals surface area contributed by atoms with Crippen molar-refractivity contribution in [1.82, 2.24) is 14.7 Å². The van der Waals surface area contributed by atoms with E-state index < -0.39 is 6.10 Å². The van der Waals surface area contributed by atoms with Gasteiger partial charge in [0.1, 0.15) is 11.5 Å². The van der Waals surface area contributed by atoms with E-state index in [9.17, 15) is 9.90 Å². The summed E-state index contributed by atoms with van der Waals surface area (Å²) in [6, 6.07) is 18.5. The van der Waals surface area contributed by atoms with E-state index in [4.69, 9.17) is 27.6 Å². The molecule has 178 valence electrons. The number of piperazine rings is 1. The smallest absolute Gasteiger partial charge is 0.253 e. The van der Waals surface area contributed by atoms with Crippen LogP contribution in [-0.2, 0) is 6.54 Å². The van der Waals surface area contributed by atoms with E-state index in [0.29, 0.717) is 28.7 Å². The van der Waals surface area contributed by atoms with Crippen molar-refractivity contribution in [2.75, 3.05) is 39.3 Å². The minimum absolute atomic E-state index is 0.0430. The second kappa shape index (κ2) is 10.1. The van der Waals surface area contributed by atoms with Crippen LogP contribution in [0.1, 0.15) is 16.1 Å². The molecule has 1 unspecified atom stereocenters. The van der Waals surface area contributed by atoms with Gasteiger partial charge in [0.25, 0.3) is 5.91 Å². The van der Waals surface area contributed by atoms with Crippen LogP contribution in [0.5, 0.6) is 0 Å². The molecule has 1 amide bonds. The summed E-state index contributed by atoms with van der Waals surface area (Å²) in [4.78, 5) is 19.2. The van der Waals surface area contributed by atoms with Gasteiger partial charge < -0.3 is 14.4 Å². The minimum Gasteiger partial charge on any atom is -0.460 e. The van der Waals surface area contributed by atoms with Gasteiger partial charge in [-0.3, -0.25) is 14.6 Å². The zero-order valence-electron chi connectivity index (χ0n) is 18.7. The number of halogens is 2. The number of carbonyl (C=O) groups excluding carboxylic acids is 1. The maximum absolute atomic E-state index is 12.8. The van der Waals surface area contributed by atoms with E-state index in [1.807, 2.05) is 36.4 Å². The van der Waals surface area contributed by atoms with Crippen molar-refractivity contribution in [2.24, 2.45) is 0 Å². The predicted molar refractivity (Wildman–Crippen MR) is 133 cm³/mol. The number of nitrogens with zero attached hydrogens (tertiary/aromatic N) is 3. The molecule has 0 bridgehead atoms. The van der Waals surface area contributed by atoms with Crippen LogP contribution in [0.2, 0.25) is 10.0 Å². The van der Waals surface area contributed by atoms with E-state index >= 15 is 0 Å². The van der Waals surface area contributed by atoms with Crippen molar-refractivity contribution in [3.63, 3.8) is 0 Å². The lowest BCUT2D eigenvalue weighted by Crippen LogP contribution is -2.53. The van der Waals surface area contributed by atoms with Crippen molar-refractivity contribution < 1.29 is 14.3 Å². The second-order valence-electron chi connectivity index (χ2n) is 8.94. The molecule has 0 saturated carbocycles. The SMILES string of the molecule is O=C(c1ccc(Cl)cc1)N1CC(O)[C@@H](N2CCN(Cc3ccc(-c4ccc(Cl)cc4)o3)CC2)C1. The normalized spacial score (nSPS) is 21.8. The van der Waals surface area contributed by atoms with Gasteiger partial charge in [-0.25, -0.2) is 0 Å². The number of aliphatic hydroxyl groups excluding tert-OH is 1. The number of carbonyl (C=O) groups is 1. The number of furan rings is 1. The molecule has 8 heteroatoms. The number of hydrogen-bond acceptors (Lipinski definition) is 5. The van der Waals surface area contributed by atoms with E-state index in [1.165, 1.54) is 0 Å². The first-order chi connectivity index (χ1) is 16.5. The minimum atomic E-state index is -0.546. The van der Waals surface area contributed by atoms with Gasteiger partial charge >= 0.3 is 0 Å². The van der Waals surface area contributed by atoms with Gasteiger partial charge in [-0.05, 0) is 60.7 Å². The topological polar surface area (TPSA) is 60.2 Å².